The molecule has 0 spiro atoms. The zero-order valence-electron chi connectivity index (χ0n) is 12.5. The molecular formula is C17H25BrN2O. The minimum Gasteiger partial charge on any atom is -0.388 e. The first-order valence-electron chi connectivity index (χ1n) is 8.09. The molecule has 2 aliphatic rings. The Labute approximate surface area is 136 Å². The van der Waals surface area contributed by atoms with Crippen molar-refractivity contribution in [3.63, 3.8) is 0 Å². The molecule has 3 nitrogen and oxygen atoms in total. The van der Waals surface area contributed by atoms with Crippen molar-refractivity contribution in [3.05, 3.63) is 34.3 Å². The van der Waals surface area contributed by atoms with Crippen LogP contribution in [0.25, 0.3) is 0 Å². The highest BCUT2D eigenvalue weighted by molar-refractivity contribution is 9.10. The number of halogens is 1. The monoisotopic (exact) mass is 352 g/mol. The molecule has 21 heavy (non-hydrogen) atoms. The number of benzene rings is 1. The first-order valence-corrected chi connectivity index (χ1v) is 8.88. The van der Waals surface area contributed by atoms with E-state index in [4.69, 9.17) is 0 Å². The van der Waals surface area contributed by atoms with Gasteiger partial charge in [-0.3, -0.25) is 0 Å². The Morgan fingerprint density at radius 3 is 2.29 bits per heavy atom. The van der Waals surface area contributed by atoms with E-state index < -0.39 is 0 Å². The fourth-order valence-electron chi connectivity index (χ4n) is 3.02. The van der Waals surface area contributed by atoms with E-state index in [1.165, 1.54) is 32.5 Å². The van der Waals surface area contributed by atoms with Gasteiger partial charge in [0.1, 0.15) is 0 Å². The maximum absolute atomic E-state index is 10.3. The van der Waals surface area contributed by atoms with Crippen LogP contribution in [0.2, 0.25) is 0 Å². The van der Waals surface area contributed by atoms with Crippen molar-refractivity contribution >= 4 is 15.9 Å². The molecule has 2 fully saturated rings. The minimum absolute atomic E-state index is 0.345. The summed E-state index contributed by atoms with van der Waals surface area (Å²) in [6.07, 6.45) is 3.37. The van der Waals surface area contributed by atoms with E-state index in [0.29, 0.717) is 0 Å². The molecule has 0 radical (unpaired) electrons. The minimum atomic E-state index is -0.345. The summed E-state index contributed by atoms with van der Waals surface area (Å²) < 4.78 is 1.06. The van der Waals surface area contributed by atoms with Crippen molar-refractivity contribution in [2.24, 2.45) is 5.92 Å². The number of hydrogen-bond donors (Lipinski definition) is 1. The van der Waals surface area contributed by atoms with Crippen molar-refractivity contribution in [1.29, 1.82) is 0 Å². The summed E-state index contributed by atoms with van der Waals surface area (Å²) in [7, 11) is 0. The molecule has 1 aromatic carbocycles. The van der Waals surface area contributed by atoms with Gasteiger partial charge in [0.15, 0.2) is 0 Å². The van der Waals surface area contributed by atoms with E-state index in [-0.39, 0.29) is 6.10 Å². The molecule has 1 saturated carbocycles. The number of aliphatic hydroxyl groups excluding tert-OH is 1. The van der Waals surface area contributed by atoms with E-state index in [1.54, 1.807) is 0 Å². The van der Waals surface area contributed by atoms with Crippen LogP contribution in [0.1, 0.15) is 30.9 Å². The highest BCUT2D eigenvalue weighted by Gasteiger charge is 2.26. The molecule has 0 bridgehead atoms. The molecule has 1 heterocycles. The molecule has 0 aromatic heterocycles. The molecule has 4 heteroatoms. The lowest BCUT2D eigenvalue weighted by Crippen LogP contribution is -2.47. The third-order valence-corrected chi connectivity index (χ3v) is 5.18. The number of piperazine rings is 1. The summed E-state index contributed by atoms with van der Waals surface area (Å²) >= 11 is 3.43. The molecule has 3 rings (SSSR count). The van der Waals surface area contributed by atoms with Crippen molar-refractivity contribution in [2.75, 3.05) is 39.3 Å². The standard InChI is InChI=1S/C17H25BrN2O/c18-16-5-3-15(4-6-16)17(21)7-8-19-9-11-20(12-10-19)13-14-1-2-14/h3-6,14,17,21H,1-2,7-13H2. The summed E-state index contributed by atoms with van der Waals surface area (Å²) in [6.45, 7) is 7.01. The predicted octanol–water partition coefficient (Wildman–Crippen LogP) is 2.90. The van der Waals surface area contributed by atoms with Crippen LogP contribution in [0.5, 0.6) is 0 Å². The smallest absolute Gasteiger partial charge is 0.0802 e. The van der Waals surface area contributed by atoms with Crippen LogP contribution in [-0.4, -0.2) is 54.2 Å². The second-order valence-electron chi connectivity index (χ2n) is 6.44. The van der Waals surface area contributed by atoms with Gasteiger partial charge >= 0.3 is 0 Å². The largest absolute Gasteiger partial charge is 0.388 e. The zero-order chi connectivity index (χ0) is 14.7. The molecule has 1 aromatic rings. The Hall–Kier alpha value is -0.420. The maximum Gasteiger partial charge on any atom is 0.0802 e. The van der Waals surface area contributed by atoms with Gasteiger partial charge in [-0.15, -0.1) is 0 Å². The Morgan fingerprint density at radius 1 is 1.05 bits per heavy atom. The molecule has 116 valence electrons. The maximum atomic E-state index is 10.3. The van der Waals surface area contributed by atoms with Gasteiger partial charge in [-0.2, -0.15) is 0 Å². The normalized spacial score (nSPS) is 22.4. The summed E-state index contributed by atoms with van der Waals surface area (Å²) in [5.74, 6) is 0.996. The van der Waals surface area contributed by atoms with Crippen molar-refractivity contribution in [2.45, 2.75) is 25.4 Å². The van der Waals surface area contributed by atoms with Gasteiger partial charge in [-0.05, 0) is 42.9 Å². The van der Waals surface area contributed by atoms with Gasteiger partial charge in [-0.1, -0.05) is 28.1 Å². The molecule has 0 amide bonds. The van der Waals surface area contributed by atoms with Gasteiger partial charge in [0.2, 0.25) is 0 Å². The van der Waals surface area contributed by atoms with E-state index >= 15 is 0 Å². The third kappa shape index (κ3) is 4.78. The first kappa shape index (κ1) is 15.5. The Kier molecular flexibility index (Phi) is 5.33. The third-order valence-electron chi connectivity index (χ3n) is 4.65. The Balaban J connectivity index is 1.38. The molecule has 1 aliphatic heterocycles. The highest BCUT2D eigenvalue weighted by Crippen LogP contribution is 2.30. The van der Waals surface area contributed by atoms with Gasteiger partial charge < -0.3 is 14.9 Å². The van der Waals surface area contributed by atoms with Crippen molar-refractivity contribution in [1.82, 2.24) is 9.80 Å². The average molecular weight is 353 g/mol. The van der Waals surface area contributed by atoms with E-state index in [0.717, 1.165) is 42.0 Å². The highest BCUT2D eigenvalue weighted by atomic mass is 79.9. The molecule has 1 saturated heterocycles. The average Bonchev–Trinajstić information content (AvgIpc) is 3.31. The van der Waals surface area contributed by atoms with Gasteiger partial charge in [0.25, 0.3) is 0 Å². The topological polar surface area (TPSA) is 26.7 Å². The van der Waals surface area contributed by atoms with Crippen LogP contribution in [-0.2, 0) is 0 Å². The Bertz CT molecular complexity index is 439. The van der Waals surface area contributed by atoms with Gasteiger partial charge in [-0.25, -0.2) is 0 Å². The lowest BCUT2D eigenvalue weighted by Gasteiger charge is -2.35. The summed E-state index contributed by atoms with van der Waals surface area (Å²) in [5.41, 5.74) is 1.02. The number of aliphatic hydroxyl groups is 1. The van der Waals surface area contributed by atoms with Crippen LogP contribution in [0.3, 0.4) is 0 Å². The first-order chi connectivity index (χ1) is 10.2. The van der Waals surface area contributed by atoms with E-state index in [9.17, 15) is 5.11 Å². The quantitative estimate of drug-likeness (QED) is 0.852. The lowest BCUT2D eigenvalue weighted by atomic mass is 10.1. The lowest BCUT2D eigenvalue weighted by molar-refractivity contribution is 0.100. The fraction of sp³-hybridized carbons (Fsp3) is 0.647. The SMILES string of the molecule is OC(CCN1CCN(CC2CC2)CC1)c1ccc(Br)cc1. The Morgan fingerprint density at radius 2 is 1.67 bits per heavy atom. The van der Waals surface area contributed by atoms with Gasteiger partial charge in [0, 0.05) is 43.7 Å². The van der Waals surface area contributed by atoms with Crippen molar-refractivity contribution < 1.29 is 5.11 Å². The molecule has 1 aliphatic carbocycles. The van der Waals surface area contributed by atoms with Crippen molar-refractivity contribution in [3.8, 4) is 0 Å². The number of hydrogen-bond acceptors (Lipinski definition) is 3. The van der Waals surface area contributed by atoms with Crippen LogP contribution < -0.4 is 0 Å². The van der Waals surface area contributed by atoms with Crippen LogP contribution in [0.4, 0.5) is 0 Å². The molecule has 1 N–H and O–H groups in total. The second kappa shape index (κ2) is 7.23. The summed E-state index contributed by atoms with van der Waals surface area (Å²) in [4.78, 5) is 5.10. The molecule has 1 atom stereocenters. The number of rotatable bonds is 6. The van der Waals surface area contributed by atoms with Crippen LogP contribution >= 0.6 is 15.9 Å². The second-order valence-corrected chi connectivity index (χ2v) is 7.36. The van der Waals surface area contributed by atoms with E-state index in [2.05, 4.69) is 25.7 Å². The zero-order valence-corrected chi connectivity index (χ0v) is 14.1. The summed E-state index contributed by atoms with van der Waals surface area (Å²) in [5, 5.41) is 10.3. The van der Waals surface area contributed by atoms with Crippen LogP contribution in [0, 0.1) is 5.92 Å². The van der Waals surface area contributed by atoms with E-state index in [1.807, 2.05) is 24.3 Å². The summed E-state index contributed by atoms with van der Waals surface area (Å²) in [6, 6.07) is 8.00. The van der Waals surface area contributed by atoms with Crippen LogP contribution in [0.15, 0.2) is 28.7 Å². The fourth-order valence-corrected chi connectivity index (χ4v) is 3.28. The molecular weight excluding hydrogens is 328 g/mol. The predicted molar refractivity (Wildman–Crippen MR) is 89.3 cm³/mol. The number of nitrogens with zero attached hydrogens (tertiary/aromatic N) is 2. The molecule has 1 unspecified atom stereocenters. The van der Waals surface area contributed by atoms with Gasteiger partial charge in [0.05, 0.1) is 6.10 Å².